The zero-order valence-electron chi connectivity index (χ0n) is 15.8. The molecule has 0 aliphatic heterocycles. The van der Waals surface area contributed by atoms with Crippen molar-refractivity contribution in [1.82, 2.24) is 10.2 Å². The number of benzene rings is 3. The normalized spacial score (nSPS) is 10.7. The van der Waals surface area contributed by atoms with E-state index in [1.165, 1.54) is 0 Å². The summed E-state index contributed by atoms with van der Waals surface area (Å²) in [4.78, 5) is 13.5. The average molecular weight is 401 g/mol. The van der Waals surface area contributed by atoms with Crippen molar-refractivity contribution in [3.63, 3.8) is 0 Å². The third kappa shape index (κ3) is 4.73. The smallest absolute Gasteiger partial charge is 0.322 e. The maximum Gasteiger partial charge on any atom is 0.322 e. The van der Waals surface area contributed by atoms with Crippen LogP contribution in [0.5, 0.6) is 0 Å². The van der Waals surface area contributed by atoms with Gasteiger partial charge in [-0.2, -0.15) is 0 Å². The first-order valence-corrected chi connectivity index (χ1v) is 10.4. The van der Waals surface area contributed by atoms with Crippen molar-refractivity contribution in [2.45, 2.75) is 11.3 Å². The lowest BCUT2D eigenvalue weighted by molar-refractivity contribution is -0.115. The molecule has 29 heavy (non-hydrogen) atoms. The number of aromatic nitrogens is 2. The Kier molecular flexibility index (Phi) is 5.72. The van der Waals surface area contributed by atoms with Gasteiger partial charge in [0.2, 0.25) is 11.8 Å². The van der Waals surface area contributed by atoms with Crippen LogP contribution >= 0.6 is 11.8 Å². The van der Waals surface area contributed by atoms with E-state index in [0.29, 0.717) is 5.89 Å². The quantitative estimate of drug-likeness (QED) is 0.444. The molecule has 0 saturated carbocycles. The van der Waals surface area contributed by atoms with Crippen LogP contribution in [0.4, 0.5) is 6.01 Å². The number of hydrogen-bond donors (Lipinski definition) is 1. The Hall–Kier alpha value is -3.38. The summed E-state index contributed by atoms with van der Waals surface area (Å²) < 4.78 is 5.57. The van der Waals surface area contributed by atoms with E-state index in [0.717, 1.165) is 27.1 Å². The van der Waals surface area contributed by atoms with E-state index in [9.17, 15) is 4.79 Å². The summed E-state index contributed by atoms with van der Waals surface area (Å²) in [6, 6.07) is 26.0. The first-order chi connectivity index (χ1) is 14.2. The Labute approximate surface area is 173 Å². The van der Waals surface area contributed by atoms with Crippen LogP contribution in [0.1, 0.15) is 5.56 Å². The fourth-order valence-electron chi connectivity index (χ4n) is 2.92. The highest BCUT2D eigenvalue weighted by atomic mass is 32.2. The topological polar surface area (TPSA) is 68.0 Å². The van der Waals surface area contributed by atoms with Gasteiger partial charge in [-0.05, 0) is 47.2 Å². The predicted molar refractivity (Wildman–Crippen MR) is 116 cm³/mol. The fraction of sp³-hybridized carbons (Fsp3) is 0.0870. The van der Waals surface area contributed by atoms with Gasteiger partial charge in [0.05, 0.1) is 6.42 Å². The molecule has 0 aliphatic rings. The average Bonchev–Trinajstić information content (AvgIpc) is 3.23. The van der Waals surface area contributed by atoms with E-state index in [2.05, 4.69) is 27.6 Å². The lowest BCUT2D eigenvalue weighted by atomic mass is 10.0. The van der Waals surface area contributed by atoms with Gasteiger partial charge >= 0.3 is 6.01 Å². The lowest BCUT2D eigenvalue weighted by Gasteiger charge is -2.04. The molecule has 0 saturated heterocycles. The van der Waals surface area contributed by atoms with Crippen LogP contribution in [-0.4, -0.2) is 22.4 Å². The van der Waals surface area contributed by atoms with Crippen LogP contribution in [0, 0.1) is 0 Å². The summed E-state index contributed by atoms with van der Waals surface area (Å²) >= 11 is 1.66. The largest absolute Gasteiger partial charge is 0.403 e. The number of thioether (sulfide) groups is 1. The molecule has 4 aromatic rings. The van der Waals surface area contributed by atoms with Crippen molar-refractivity contribution in [1.29, 1.82) is 0 Å². The molecule has 4 rings (SSSR count). The Balaban J connectivity index is 1.38. The molecule has 1 heterocycles. The van der Waals surface area contributed by atoms with E-state index in [1.54, 1.807) is 11.8 Å². The van der Waals surface area contributed by atoms with Crippen LogP contribution in [0.15, 0.2) is 88.2 Å². The molecule has 6 heteroatoms. The van der Waals surface area contributed by atoms with Gasteiger partial charge in [-0.1, -0.05) is 59.7 Å². The number of hydrogen-bond acceptors (Lipinski definition) is 5. The van der Waals surface area contributed by atoms with Crippen molar-refractivity contribution >= 4 is 23.7 Å². The van der Waals surface area contributed by atoms with E-state index in [1.807, 2.05) is 73.0 Å². The second-order valence-corrected chi connectivity index (χ2v) is 7.31. The van der Waals surface area contributed by atoms with Gasteiger partial charge in [-0.3, -0.25) is 10.1 Å². The standard InChI is InChI=1S/C23H19N3O2S/c1-29-20-13-11-19(12-14-20)22-25-26-23(28-22)24-21(27)15-16-7-9-18(10-8-16)17-5-3-2-4-6-17/h2-14H,15H2,1H3,(H,24,26,27). The number of carbonyl (C=O) groups is 1. The van der Waals surface area contributed by atoms with Gasteiger partial charge in [-0.25, -0.2) is 0 Å². The Morgan fingerprint density at radius 1 is 0.862 bits per heavy atom. The van der Waals surface area contributed by atoms with Crippen LogP contribution < -0.4 is 5.32 Å². The van der Waals surface area contributed by atoms with E-state index < -0.39 is 0 Å². The number of amides is 1. The highest BCUT2D eigenvalue weighted by Gasteiger charge is 2.12. The first-order valence-electron chi connectivity index (χ1n) is 9.13. The minimum Gasteiger partial charge on any atom is -0.403 e. The molecule has 144 valence electrons. The minimum atomic E-state index is -0.203. The van der Waals surface area contributed by atoms with Crippen LogP contribution in [-0.2, 0) is 11.2 Å². The number of nitrogens with one attached hydrogen (secondary N) is 1. The summed E-state index contributed by atoms with van der Waals surface area (Å²) in [6.07, 6.45) is 2.25. The van der Waals surface area contributed by atoms with Gasteiger partial charge in [0, 0.05) is 10.5 Å². The number of anilines is 1. The lowest BCUT2D eigenvalue weighted by Crippen LogP contribution is -2.14. The van der Waals surface area contributed by atoms with Crippen LogP contribution in [0.2, 0.25) is 0 Å². The van der Waals surface area contributed by atoms with E-state index >= 15 is 0 Å². The van der Waals surface area contributed by atoms with Gasteiger partial charge in [0.1, 0.15) is 0 Å². The van der Waals surface area contributed by atoms with Gasteiger partial charge < -0.3 is 4.42 Å². The first kappa shape index (κ1) is 19.0. The Bertz CT molecular complexity index is 1090. The van der Waals surface area contributed by atoms with Crippen molar-refractivity contribution in [2.75, 3.05) is 11.6 Å². The second kappa shape index (κ2) is 8.75. The molecule has 1 aromatic heterocycles. The summed E-state index contributed by atoms with van der Waals surface area (Å²) in [5, 5.41) is 10.6. The monoisotopic (exact) mass is 401 g/mol. The molecule has 0 aliphatic carbocycles. The van der Waals surface area contributed by atoms with Crippen molar-refractivity contribution < 1.29 is 9.21 Å². The molecule has 5 nitrogen and oxygen atoms in total. The molecule has 1 N–H and O–H groups in total. The van der Waals surface area contributed by atoms with Gasteiger partial charge in [-0.15, -0.1) is 16.9 Å². The SMILES string of the molecule is CSc1ccc(-c2nnc(NC(=O)Cc3ccc(-c4ccccc4)cc3)o2)cc1. The molecular formula is C23H19N3O2S. The molecule has 1 amide bonds. The highest BCUT2D eigenvalue weighted by Crippen LogP contribution is 2.23. The molecule has 0 spiro atoms. The minimum absolute atomic E-state index is 0.0971. The van der Waals surface area contributed by atoms with E-state index in [-0.39, 0.29) is 18.3 Å². The second-order valence-electron chi connectivity index (χ2n) is 6.43. The zero-order valence-corrected chi connectivity index (χ0v) is 16.6. The molecule has 0 atom stereocenters. The Morgan fingerprint density at radius 3 is 2.21 bits per heavy atom. The maximum atomic E-state index is 12.3. The van der Waals surface area contributed by atoms with Gasteiger partial charge in [0.15, 0.2) is 0 Å². The molecule has 0 unspecified atom stereocenters. The van der Waals surface area contributed by atoms with Crippen molar-refractivity contribution in [3.05, 3.63) is 84.4 Å². The van der Waals surface area contributed by atoms with Crippen molar-refractivity contribution in [2.24, 2.45) is 0 Å². The molecule has 0 fully saturated rings. The maximum absolute atomic E-state index is 12.3. The molecule has 3 aromatic carbocycles. The number of nitrogens with zero attached hydrogens (tertiary/aromatic N) is 2. The zero-order chi connectivity index (χ0) is 20.1. The highest BCUT2D eigenvalue weighted by molar-refractivity contribution is 7.98. The fourth-order valence-corrected chi connectivity index (χ4v) is 3.33. The molecule has 0 radical (unpaired) electrons. The summed E-state index contributed by atoms with van der Waals surface area (Å²) in [6.45, 7) is 0. The third-order valence-corrected chi connectivity index (χ3v) is 5.18. The van der Waals surface area contributed by atoms with Crippen LogP contribution in [0.3, 0.4) is 0 Å². The van der Waals surface area contributed by atoms with Crippen molar-refractivity contribution in [3.8, 4) is 22.6 Å². The van der Waals surface area contributed by atoms with E-state index in [4.69, 9.17) is 4.42 Å². The molecular weight excluding hydrogens is 382 g/mol. The predicted octanol–water partition coefficient (Wildman–Crippen LogP) is 5.31. The Morgan fingerprint density at radius 2 is 1.52 bits per heavy atom. The molecule has 0 bridgehead atoms. The summed E-state index contributed by atoms with van der Waals surface area (Å²) in [5.74, 6) is 0.172. The summed E-state index contributed by atoms with van der Waals surface area (Å²) in [5.41, 5.74) is 3.98. The van der Waals surface area contributed by atoms with Crippen LogP contribution in [0.25, 0.3) is 22.6 Å². The number of carbonyl (C=O) groups excluding carboxylic acids is 1. The van der Waals surface area contributed by atoms with Gasteiger partial charge in [0.25, 0.3) is 0 Å². The third-order valence-electron chi connectivity index (χ3n) is 4.43. The summed E-state index contributed by atoms with van der Waals surface area (Å²) in [7, 11) is 0. The number of rotatable bonds is 6.